The van der Waals surface area contributed by atoms with Crippen molar-refractivity contribution in [3.63, 3.8) is 0 Å². The van der Waals surface area contributed by atoms with E-state index in [4.69, 9.17) is 17.0 Å². The molecule has 3 rings (SSSR count). The normalized spacial score (nSPS) is 12.1. The van der Waals surface area contributed by atoms with Gasteiger partial charge in [-0.2, -0.15) is 0 Å². The highest BCUT2D eigenvalue weighted by Gasteiger charge is 2.14. The van der Waals surface area contributed by atoms with Gasteiger partial charge in [0.15, 0.2) is 4.77 Å². The second-order valence-electron chi connectivity index (χ2n) is 6.74. The number of carbonyl (C=O) groups excluding carboxylic acids is 1. The van der Waals surface area contributed by atoms with E-state index in [1.54, 1.807) is 37.4 Å². The predicted molar refractivity (Wildman–Crippen MR) is 112 cm³/mol. The zero-order valence-corrected chi connectivity index (χ0v) is 17.0. The van der Waals surface area contributed by atoms with Gasteiger partial charge < -0.3 is 15.0 Å². The number of aromatic amines is 1. The molecule has 1 heterocycles. The van der Waals surface area contributed by atoms with Gasteiger partial charge in [0.05, 0.1) is 16.9 Å². The van der Waals surface area contributed by atoms with Gasteiger partial charge in [-0.15, -0.1) is 0 Å². The van der Waals surface area contributed by atoms with Crippen molar-refractivity contribution in [3.05, 3.63) is 74.5 Å². The number of hydrogen-bond acceptors (Lipinski definition) is 4. The van der Waals surface area contributed by atoms with Gasteiger partial charge in [0.1, 0.15) is 5.82 Å². The van der Waals surface area contributed by atoms with Crippen LogP contribution in [-0.4, -0.2) is 29.2 Å². The van der Waals surface area contributed by atoms with Gasteiger partial charge in [-0.3, -0.25) is 14.2 Å². The maximum Gasteiger partial charge on any atom is 0.262 e. The summed E-state index contributed by atoms with van der Waals surface area (Å²) in [6.07, 6.45) is 0.668. The number of carbonyl (C=O) groups is 1. The lowest BCUT2D eigenvalue weighted by Crippen LogP contribution is -2.27. The molecule has 3 aromatic rings. The van der Waals surface area contributed by atoms with Crippen LogP contribution in [0.2, 0.25) is 0 Å². The molecule has 0 spiro atoms. The molecule has 0 aliphatic rings. The van der Waals surface area contributed by atoms with Gasteiger partial charge in [0.25, 0.3) is 11.5 Å². The van der Waals surface area contributed by atoms with Gasteiger partial charge >= 0.3 is 0 Å². The molecule has 0 aliphatic heterocycles. The number of aromatic nitrogens is 2. The van der Waals surface area contributed by atoms with E-state index in [0.29, 0.717) is 40.8 Å². The largest absolute Gasteiger partial charge is 0.385 e. The molecular weight excluding hydrogens is 393 g/mol. The zero-order valence-electron chi connectivity index (χ0n) is 16.2. The first kappa shape index (κ1) is 20.9. The summed E-state index contributed by atoms with van der Waals surface area (Å²) in [7, 11) is 1.60. The molecule has 152 valence electrons. The maximum atomic E-state index is 13.1. The molecule has 0 bridgehead atoms. The molecule has 29 heavy (non-hydrogen) atoms. The fourth-order valence-electron chi connectivity index (χ4n) is 3.08. The Labute approximate surface area is 172 Å². The summed E-state index contributed by atoms with van der Waals surface area (Å²) in [6, 6.07) is 10.5. The summed E-state index contributed by atoms with van der Waals surface area (Å²) in [5.41, 5.74) is 1.49. The number of halogens is 1. The van der Waals surface area contributed by atoms with Gasteiger partial charge in [0.2, 0.25) is 0 Å². The van der Waals surface area contributed by atoms with Crippen LogP contribution in [-0.2, 0) is 11.3 Å². The van der Waals surface area contributed by atoms with Crippen molar-refractivity contribution in [2.45, 2.75) is 25.9 Å². The van der Waals surface area contributed by atoms with Gasteiger partial charge in [-0.1, -0.05) is 12.1 Å². The smallest absolute Gasteiger partial charge is 0.262 e. The zero-order chi connectivity index (χ0) is 21.0. The summed E-state index contributed by atoms with van der Waals surface area (Å²) in [6.45, 7) is 2.80. The van der Waals surface area contributed by atoms with Crippen molar-refractivity contribution in [2.24, 2.45) is 0 Å². The summed E-state index contributed by atoms with van der Waals surface area (Å²) in [4.78, 5) is 28.4. The molecule has 1 amide bonds. The molecule has 1 atom stereocenters. The highest BCUT2D eigenvalue weighted by atomic mass is 32.1. The lowest BCUT2D eigenvalue weighted by molar-refractivity contribution is 0.0940. The second-order valence-corrected chi connectivity index (χ2v) is 7.13. The topological polar surface area (TPSA) is 76.1 Å². The average Bonchev–Trinajstić information content (AvgIpc) is 2.70. The van der Waals surface area contributed by atoms with E-state index in [2.05, 4.69) is 10.3 Å². The number of benzene rings is 2. The van der Waals surface area contributed by atoms with Crippen LogP contribution in [0.25, 0.3) is 10.9 Å². The monoisotopic (exact) mass is 415 g/mol. The summed E-state index contributed by atoms with van der Waals surface area (Å²) < 4.78 is 19.9. The van der Waals surface area contributed by atoms with E-state index < -0.39 is 0 Å². The number of nitrogens with one attached hydrogen (secondary N) is 2. The number of nitrogens with zero attached hydrogens (tertiary/aromatic N) is 1. The molecule has 0 aliphatic carbocycles. The van der Waals surface area contributed by atoms with E-state index in [1.807, 2.05) is 6.92 Å². The average molecular weight is 415 g/mol. The van der Waals surface area contributed by atoms with Crippen molar-refractivity contribution in [3.8, 4) is 0 Å². The van der Waals surface area contributed by atoms with E-state index in [0.717, 1.165) is 5.56 Å². The van der Waals surface area contributed by atoms with Crippen LogP contribution >= 0.6 is 12.2 Å². The molecule has 1 aromatic heterocycles. The number of rotatable bonds is 7. The number of ether oxygens (including phenoxy) is 1. The minimum atomic E-state index is -0.329. The third-order valence-corrected chi connectivity index (χ3v) is 5.01. The van der Waals surface area contributed by atoms with Crippen molar-refractivity contribution < 1.29 is 13.9 Å². The Balaban J connectivity index is 1.84. The van der Waals surface area contributed by atoms with Crippen LogP contribution in [0.15, 0.2) is 47.3 Å². The Morgan fingerprint density at radius 1 is 1.28 bits per heavy atom. The predicted octanol–water partition coefficient (Wildman–Crippen LogP) is 3.73. The maximum absolute atomic E-state index is 13.1. The summed E-state index contributed by atoms with van der Waals surface area (Å²) in [5, 5.41) is 3.33. The van der Waals surface area contributed by atoms with Crippen molar-refractivity contribution in [1.82, 2.24) is 14.9 Å². The molecule has 2 aromatic carbocycles. The van der Waals surface area contributed by atoms with E-state index in [9.17, 15) is 14.0 Å². The minimum absolute atomic E-state index is 0.202. The van der Waals surface area contributed by atoms with Crippen LogP contribution in [0.3, 0.4) is 0 Å². The highest BCUT2D eigenvalue weighted by Crippen LogP contribution is 2.16. The molecular formula is C21H22FN3O3S. The van der Waals surface area contributed by atoms with Crippen molar-refractivity contribution in [2.75, 3.05) is 13.7 Å². The molecule has 0 saturated carbocycles. The van der Waals surface area contributed by atoms with Gasteiger partial charge in [-0.05, 0) is 61.5 Å². The van der Waals surface area contributed by atoms with Crippen LogP contribution in [0.4, 0.5) is 4.39 Å². The molecule has 6 nitrogen and oxygen atoms in total. The first-order chi connectivity index (χ1) is 13.9. The first-order valence-electron chi connectivity index (χ1n) is 9.23. The number of hydrogen-bond donors (Lipinski definition) is 2. The lowest BCUT2D eigenvalue weighted by atomic mass is 10.1. The fraction of sp³-hybridized carbons (Fsp3) is 0.286. The minimum Gasteiger partial charge on any atom is -0.385 e. The first-order valence-corrected chi connectivity index (χ1v) is 9.63. The standard InChI is InChI=1S/C21H22FN3O3S/c1-13(14-4-7-16(22)8-5-14)23-19(26)15-6-9-17-18(12-15)24-21(29)25(20(17)27)10-3-11-28-2/h4-9,12-13H,3,10-11H2,1-2H3,(H,23,26)(H,24,29). The highest BCUT2D eigenvalue weighted by molar-refractivity contribution is 7.71. The van der Waals surface area contributed by atoms with Crippen LogP contribution < -0.4 is 10.9 Å². The molecule has 1 unspecified atom stereocenters. The van der Waals surface area contributed by atoms with Gasteiger partial charge in [0, 0.05) is 25.8 Å². The molecule has 0 radical (unpaired) electrons. The quantitative estimate of drug-likeness (QED) is 0.455. The number of methoxy groups -OCH3 is 1. The van der Waals surface area contributed by atoms with Crippen molar-refractivity contribution in [1.29, 1.82) is 0 Å². The van der Waals surface area contributed by atoms with E-state index in [-0.39, 0.29) is 23.3 Å². The summed E-state index contributed by atoms with van der Waals surface area (Å²) in [5.74, 6) is -0.628. The van der Waals surface area contributed by atoms with E-state index in [1.165, 1.54) is 16.7 Å². The molecule has 0 saturated heterocycles. The van der Waals surface area contributed by atoms with Gasteiger partial charge in [-0.25, -0.2) is 4.39 Å². The van der Waals surface area contributed by atoms with Crippen LogP contribution in [0.5, 0.6) is 0 Å². The third-order valence-electron chi connectivity index (χ3n) is 4.69. The Hall–Kier alpha value is -2.84. The molecule has 0 fully saturated rings. The summed E-state index contributed by atoms with van der Waals surface area (Å²) >= 11 is 5.31. The third kappa shape index (κ3) is 4.78. The Kier molecular flexibility index (Phi) is 6.56. The van der Waals surface area contributed by atoms with E-state index >= 15 is 0 Å². The Morgan fingerprint density at radius 2 is 2.00 bits per heavy atom. The lowest BCUT2D eigenvalue weighted by Gasteiger charge is -2.15. The number of H-pyrrole nitrogens is 1. The molecule has 2 N–H and O–H groups in total. The second kappa shape index (κ2) is 9.11. The Bertz CT molecular complexity index is 1140. The number of fused-ring (bicyclic) bond motifs is 1. The Morgan fingerprint density at radius 3 is 2.69 bits per heavy atom. The van der Waals surface area contributed by atoms with Crippen molar-refractivity contribution >= 4 is 29.0 Å². The SMILES string of the molecule is COCCCn1c(=S)[nH]c2cc(C(=O)NC(C)c3ccc(F)cc3)ccc2c1=O. The van der Waals surface area contributed by atoms with Crippen LogP contribution in [0.1, 0.15) is 35.3 Å². The fourth-order valence-corrected chi connectivity index (χ4v) is 3.36. The number of amides is 1. The molecule has 8 heteroatoms. The van der Waals surface area contributed by atoms with Crippen LogP contribution in [0, 0.1) is 10.6 Å².